The summed E-state index contributed by atoms with van der Waals surface area (Å²) in [5.74, 6) is 0. The van der Waals surface area contributed by atoms with Gasteiger partial charge < -0.3 is 13.8 Å². The Labute approximate surface area is 394 Å². The van der Waals surface area contributed by atoms with Crippen molar-refractivity contribution in [2.24, 2.45) is 0 Å². The number of benzene rings is 8. The quantitative estimate of drug-likeness (QED) is 0.153. The van der Waals surface area contributed by atoms with Crippen molar-refractivity contribution in [3.8, 4) is 39.1 Å². The van der Waals surface area contributed by atoms with Gasteiger partial charge in [0.15, 0.2) is 0 Å². The Morgan fingerprint density at radius 3 is 1.91 bits per heavy atom. The van der Waals surface area contributed by atoms with Gasteiger partial charge in [-0.05, 0) is 138 Å². The molecule has 8 aromatic carbocycles. The molecule has 4 heterocycles. The molecule has 0 atom stereocenters. The zero-order valence-electron chi connectivity index (χ0n) is 40.6. The first kappa shape index (κ1) is 39.4. The van der Waals surface area contributed by atoms with Crippen molar-refractivity contribution >= 4 is 72.9 Å². The van der Waals surface area contributed by atoms with Crippen LogP contribution in [0.3, 0.4) is 0 Å². The summed E-state index contributed by atoms with van der Waals surface area (Å²) in [6.45, 7) is 25.9. The molecule has 0 N–H and O–H groups in total. The van der Waals surface area contributed by atoms with Gasteiger partial charge in [0.25, 0.3) is 0 Å². The van der Waals surface area contributed by atoms with Crippen molar-refractivity contribution in [3.05, 3.63) is 172 Å². The molecule has 0 unspecified atom stereocenters. The maximum Gasteiger partial charge on any atom is 0.333 e. The van der Waals surface area contributed by atoms with Gasteiger partial charge in [0.2, 0.25) is 0 Å². The summed E-state index contributed by atoms with van der Waals surface area (Å²) in [4.78, 5) is 2.73. The fourth-order valence-corrected chi connectivity index (χ4v) is 13.2. The molecule has 0 saturated carbocycles. The van der Waals surface area contributed by atoms with Crippen molar-refractivity contribution in [1.82, 2.24) is 4.57 Å². The second-order valence-corrected chi connectivity index (χ2v) is 23.4. The molecule has 2 aliphatic heterocycles. The number of nitrogens with zero attached hydrogens (tertiary/aromatic N) is 2. The van der Waals surface area contributed by atoms with Crippen molar-refractivity contribution in [2.45, 2.75) is 97.8 Å². The molecule has 3 nitrogen and oxygen atoms in total. The normalized spacial score (nSPS) is 15.9. The fraction of sp³-hybridized carbons (Fsp3) is 0.238. The van der Waals surface area contributed by atoms with Crippen LogP contribution < -0.4 is 15.7 Å². The van der Waals surface area contributed by atoms with Gasteiger partial charge in [-0.15, -0.1) is 0 Å². The highest BCUT2D eigenvalue weighted by Gasteiger charge is 2.48. The molecule has 0 saturated heterocycles. The van der Waals surface area contributed by atoms with Crippen molar-refractivity contribution in [2.75, 3.05) is 4.81 Å². The molecule has 326 valence electrons. The van der Waals surface area contributed by atoms with Crippen LogP contribution in [0.1, 0.15) is 108 Å². The molecular weight excluding hydrogens is 812 g/mol. The number of fused-ring (bicyclic) bond motifs is 17. The average molecular weight is 867 g/mol. The SMILES string of the molecule is Cc1cc2c3c4c1c1cc5c(cc1n4-c1cc4c(cc1B3N(c1ccc(C(C)(C)C)cc1)c1cc3c(cc1-2)C(C)(C)c1ccc(C(C)(C)C)cc1-3)-c1ccccc1C4(C)C)oc1ccccc15. The Morgan fingerprint density at radius 2 is 1.15 bits per heavy atom. The van der Waals surface area contributed by atoms with Gasteiger partial charge in [-0.1, -0.05) is 154 Å². The highest BCUT2D eigenvalue weighted by molar-refractivity contribution is 6.93. The Hall–Kier alpha value is -6.78. The molecule has 0 fully saturated rings. The molecule has 10 aromatic rings. The molecule has 4 aliphatic rings. The first-order chi connectivity index (χ1) is 31.9. The number of para-hydroxylation sites is 1. The lowest BCUT2D eigenvalue weighted by molar-refractivity contribution is 0.589. The average Bonchev–Trinajstić information content (AvgIpc) is 3.97. The Morgan fingerprint density at radius 1 is 0.493 bits per heavy atom. The number of aryl methyl sites for hydroxylation is 1. The lowest BCUT2D eigenvalue weighted by Crippen LogP contribution is -2.60. The molecule has 67 heavy (non-hydrogen) atoms. The Kier molecular flexibility index (Phi) is 7.29. The van der Waals surface area contributed by atoms with E-state index in [-0.39, 0.29) is 28.5 Å². The molecule has 4 heteroatoms. The van der Waals surface area contributed by atoms with E-state index in [0.717, 1.165) is 16.6 Å². The van der Waals surface area contributed by atoms with E-state index >= 15 is 0 Å². The molecule has 0 amide bonds. The summed E-state index contributed by atoms with van der Waals surface area (Å²) >= 11 is 0. The van der Waals surface area contributed by atoms with Crippen LogP contribution in [-0.2, 0) is 21.7 Å². The minimum atomic E-state index is -0.165. The van der Waals surface area contributed by atoms with Crippen LogP contribution in [0.25, 0.3) is 82.8 Å². The largest absolute Gasteiger partial charge is 0.456 e. The third kappa shape index (κ3) is 4.94. The maximum atomic E-state index is 6.70. The zero-order chi connectivity index (χ0) is 46.0. The van der Waals surface area contributed by atoms with E-state index in [2.05, 4.69) is 219 Å². The molecule has 0 radical (unpaired) electrons. The summed E-state index contributed by atoms with van der Waals surface area (Å²) in [5.41, 5.74) is 28.2. The van der Waals surface area contributed by atoms with E-state index in [1.807, 2.05) is 0 Å². The number of anilines is 2. The molecule has 2 aromatic heterocycles. The van der Waals surface area contributed by atoms with Crippen LogP contribution in [0, 0.1) is 6.92 Å². The number of hydrogen-bond acceptors (Lipinski definition) is 2. The topological polar surface area (TPSA) is 21.3 Å². The summed E-state index contributed by atoms with van der Waals surface area (Å²) < 4.78 is 9.34. The first-order valence-corrected chi connectivity index (χ1v) is 24.4. The van der Waals surface area contributed by atoms with Crippen molar-refractivity contribution in [1.29, 1.82) is 0 Å². The van der Waals surface area contributed by atoms with Crippen LogP contribution in [0.2, 0.25) is 0 Å². The van der Waals surface area contributed by atoms with Crippen LogP contribution in [0.4, 0.5) is 11.4 Å². The third-order valence-electron chi connectivity index (χ3n) is 16.8. The van der Waals surface area contributed by atoms with E-state index in [4.69, 9.17) is 4.42 Å². The van der Waals surface area contributed by atoms with Gasteiger partial charge in [-0.3, -0.25) is 0 Å². The monoisotopic (exact) mass is 866 g/mol. The van der Waals surface area contributed by atoms with E-state index in [0.29, 0.717) is 0 Å². The Bertz CT molecular complexity index is 3900. The first-order valence-electron chi connectivity index (χ1n) is 24.4. The molecular formula is C63H55BN2O. The van der Waals surface area contributed by atoms with Gasteiger partial charge in [-0.25, -0.2) is 0 Å². The van der Waals surface area contributed by atoms with E-state index in [1.54, 1.807) is 0 Å². The minimum absolute atomic E-state index is 0.0269. The van der Waals surface area contributed by atoms with Gasteiger partial charge in [-0.2, -0.15) is 0 Å². The number of rotatable bonds is 1. The van der Waals surface area contributed by atoms with Crippen molar-refractivity contribution < 1.29 is 4.42 Å². The van der Waals surface area contributed by atoms with E-state index in [1.165, 1.54) is 128 Å². The van der Waals surface area contributed by atoms with E-state index < -0.39 is 0 Å². The minimum Gasteiger partial charge on any atom is -0.456 e. The summed E-state index contributed by atoms with van der Waals surface area (Å²) in [5, 5.41) is 4.93. The number of aromatic nitrogens is 1. The maximum absolute atomic E-state index is 6.70. The fourth-order valence-electron chi connectivity index (χ4n) is 13.2. The molecule has 14 rings (SSSR count). The van der Waals surface area contributed by atoms with Gasteiger partial charge in [0.05, 0.1) is 11.0 Å². The number of hydrogen-bond donors (Lipinski definition) is 0. The number of furan rings is 1. The summed E-state index contributed by atoms with van der Waals surface area (Å²) in [6.07, 6.45) is 0. The predicted octanol–water partition coefficient (Wildman–Crippen LogP) is 15.4. The predicted molar refractivity (Wildman–Crippen MR) is 284 cm³/mol. The van der Waals surface area contributed by atoms with Crippen LogP contribution in [-0.4, -0.2) is 11.4 Å². The molecule has 0 bridgehead atoms. The van der Waals surface area contributed by atoms with Crippen LogP contribution in [0.5, 0.6) is 0 Å². The van der Waals surface area contributed by atoms with Gasteiger partial charge >= 0.3 is 6.85 Å². The molecule has 2 aliphatic carbocycles. The lowest BCUT2D eigenvalue weighted by atomic mass is 9.43. The standard InChI is InChI=1S/C63H55BN2O/c1-34-26-45-43-29-49-42(40-27-36(61(5,6)7)22-25-48(40)63(49,10)11)31-53(43)66(37-23-20-35(21-24-37)60(2,3)4)64-51-30-41-38-16-12-14-18-47(38)62(8,9)50(41)32-54(51)65-52-33-56-44(39-17-13-15-19-55(39)67-56)28-46(52)57(34)59(65)58(45)64/h12-33H,1-11H3. The highest BCUT2D eigenvalue weighted by atomic mass is 16.3. The zero-order valence-corrected chi connectivity index (χ0v) is 40.6. The van der Waals surface area contributed by atoms with Gasteiger partial charge in [0.1, 0.15) is 11.2 Å². The summed E-state index contributed by atoms with van der Waals surface area (Å²) in [7, 11) is 0. The van der Waals surface area contributed by atoms with Crippen LogP contribution in [0.15, 0.2) is 138 Å². The second-order valence-electron chi connectivity index (χ2n) is 23.4. The lowest BCUT2D eigenvalue weighted by Gasteiger charge is -2.43. The van der Waals surface area contributed by atoms with Gasteiger partial charge in [0, 0.05) is 61.1 Å². The molecule has 0 spiro atoms. The smallest absolute Gasteiger partial charge is 0.333 e. The highest BCUT2D eigenvalue weighted by Crippen LogP contribution is 2.56. The van der Waals surface area contributed by atoms with Crippen molar-refractivity contribution in [3.63, 3.8) is 0 Å². The second kappa shape index (κ2) is 12.4. The summed E-state index contributed by atoms with van der Waals surface area (Å²) in [6, 6.07) is 52.1. The van der Waals surface area contributed by atoms with Crippen LogP contribution >= 0.6 is 0 Å². The van der Waals surface area contributed by atoms with E-state index in [9.17, 15) is 0 Å². The third-order valence-corrected chi connectivity index (χ3v) is 16.8. The Balaban J connectivity index is 1.16.